The van der Waals surface area contributed by atoms with E-state index in [-0.39, 0.29) is 42.0 Å². The number of hydrogen-bond acceptors (Lipinski definition) is 4. The maximum absolute atomic E-state index is 11.7. The highest BCUT2D eigenvalue weighted by Crippen LogP contribution is 2.20. The van der Waals surface area contributed by atoms with E-state index in [1.165, 1.54) is 37.9 Å². The second-order valence-electron chi connectivity index (χ2n) is 9.24. The Morgan fingerprint density at radius 3 is 2.44 bits per heavy atom. The minimum absolute atomic E-state index is 0. The molecule has 0 spiro atoms. The molecule has 1 aliphatic carbocycles. The first-order valence-electron chi connectivity index (χ1n) is 11.7. The third-order valence-corrected chi connectivity index (χ3v) is 6.07. The molecule has 1 aliphatic heterocycles. The summed E-state index contributed by atoms with van der Waals surface area (Å²) in [6, 6.07) is 8.31. The number of likely N-dealkylation sites (tertiary alicyclic amines) is 1. The van der Waals surface area contributed by atoms with Crippen molar-refractivity contribution in [2.75, 3.05) is 39.8 Å². The fraction of sp³-hybridized carbons (Fsp3) is 0.667. The van der Waals surface area contributed by atoms with Crippen LogP contribution in [-0.2, 0) is 11.2 Å². The van der Waals surface area contributed by atoms with Crippen LogP contribution < -0.4 is 20.7 Å². The molecule has 180 valence electrons. The Kier molecular flexibility index (Phi) is 11.0. The fourth-order valence-corrected chi connectivity index (χ4v) is 3.86. The normalized spacial score (nSPS) is 17.3. The molecule has 1 amide bonds. The van der Waals surface area contributed by atoms with Gasteiger partial charge in [0.05, 0.1) is 0 Å². The van der Waals surface area contributed by atoms with Crippen LogP contribution in [0.25, 0.3) is 0 Å². The van der Waals surface area contributed by atoms with E-state index in [0.717, 1.165) is 44.1 Å². The average molecular weight is 558 g/mol. The summed E-state index contributed by atoms with van der Waals surface area (Å²) in [6.45, 7) is 8.72. The Balaban J connectivity index is 0.00000363. The summed E-state index contributed by atoms with van der Waals surface area (Å²) in [5.74, 6) is 1.52. The minimum atomic E-state index is -0.0434. The topological polar surface area (TPSA) is 78.0 Å². The molecule has 0 atom stereocenters. The van der Waals surface area contributed by atoms with Crippen molar-refractivity contribution in [3.8, 4) is 5.75 Å². The minimum Gasteiger partial charge on any atom is -0.484 e. The molecule has 7 nitrogen and oxygen atoms in total. The van der Waals surface area contributed by atoms with Gasteiger partial charge in [0.1, 0.15) is 5.75 Å². The van der Waals surface area contributed by atoms with Gasteiger partial charge < -0.3 is 20.7 Å². The van der Waals surface area contributed by atoms with E-state index in [1.54, 1.807) is 0 Å². The zero-order valence-electron chi connectivity index (χ0n) is 19.8. The number of carbonyl (C=O) groups excluding carboxylic acids is 1. The molecule has 2 fully saturated rings. The van der Waals surface area contributed by atoms with Crippen LogP contribution in [0.5, 0.6) is 5.75 Å². The van der Waals surface area contributed by atoms with Gasteiger partial charge in [0.15, 0.2) is 12.6 Å². The number of guanidine groups is 1. The summed E-state index contributed by atoms with van der Waals surface area (Å²) in [5.41, 5.74) is 1.33. The van der Waals surface area contributed by atoms with Gasteiger partial charge in [0, 0.05) is 31.7 Å². The quantitative estimate of drug-likeness (QED) is 0.234. The number of nitrogens with one attached hydrogen (secondary N) is 3. The summed E-state index contributed by atoms with van der Waals surface area (Å²) in [5, 5.41) is 9.82. The lowest BCUT2D eigenvalue weighted by molar-refractivity contribution is -0.123. The van der Waals surface area contributed by atoms with Gasteiger partial charge in [-0.15, -0.1) is 24.0 Å². The lowest BCUT2D eigenvalue weighted by Crippen LogP contribution is -2.55. The second kappa shape index (κ2) is 13.2. The number of rotatable bonds is 10. The molecule has 32 heavy (non-hydrogen) atoms. The Hall–Kier alpha value is -1.55. The van der Waals surface area contributed by atoms with Gasteiger partial charge in [-0.2, -0.15) is 0 Å². The lowest BCUT2D eigenvalue weighted by Gasteiger charge is -2.41. The Labute approximate surface area is 210 Å². The first-order chi connectivity index (χ1) is 15.0. The van der Waals surface area contributed by atoms with Gasteiger partial charge in [-0.1, -0.05) is 18.6 Å². The number of aliphatic imine (C=N–C) groups is 1. The molecular formula is C24H40IN5O2. The number of piperidine rings is 1. The van der Waals surface area contributed by atoms with Crippen LogP contribution in [0, 0.1) is 0 Å². The Morgan fingerprint density at radius 1 is 1.12 bits per heavy atom. The largest absolute Gasteiger partial charge is 0.484 e. The first-order valence-corrected chi connectivity index (χ1v) is 11.7. The third-order valence-electron chi connectivity index (χ3n) is 6.07. The predicted molar refractivity (Wildman–Crippen MR) is 141 cm³/mol. The number of nitrogens with zero attached hydrogens (tertiary/aromatic N) is 2. The Bertz CT molecular complexity index is 728. The van der Waals surface area contributed by atoms with Crippen LogP contribution in [-0.4, -0.2) is 68.2 Å². The molecule has 0 bridgehead atoms. The van der Waals surface area contributed by atoms with Gasteiger partial charge in [-0.25, -0.2) is 0 Å². The molecule has 2 aliphatic rings. The number of benzene rings is 1. The first kappa shape index (κ1) is 26.7. The van der Waals surface area contributed by atoms with E-state index in [2.05, 4.69) is 39.7 Å². The maximum atomic E-state index is 11.7. The molecular weight excluding hydrogens is 517 g/mol. The number of hydrogen-bond donors (Lipinski definition) is 3. The van der Waals surface area contributed by atoms with Crippen LogP contribution in [0.3, 0.4) is 0 Å². The third kappa shape index (κ3) is 9.13. The highest BCUT2D eigenvalue weighted by molar-refractivity contribution is 14.0. The van der Waals surface area contributed by atoms with Crippen molar-refractivity contribution in [1.29, 1.82) is 0 Å². The van der Waals surface area contributed by atoms with Gasteiger partial charge in [0.25, 0.3) is 5.91 Å². The summed E-state index contributed by atoms with van der Waals surface area (Å²) in [7, 11) is 1.81. The monoisotopic (exact) mass is 557 g/mol. The van der Waals surface area contributed by atoms with Gasteiger partial charge in [-0.05, 0) is 76.7 Å². The molecule has 3 rings (SSSR count). The Morgan fingerprint density at radius 2 is 1.81 bits per heavy atom. The molecule has 1 aromatic rings. The molecule has 1 saturated heterocycles. The summed E-state index contributed by atoms with van der Waals surface area (Å²) in [6.07, 6.45) is 7.02. The van der Waals surface area contributed by atoms with Crippen molar-refractivity contribution >= 4 is 35.8 Å². The smallest absolute Gasteiger partial charge is 0.258 e. The number of ether oxygens (including phenoxy) is 1. The summed E-state index contributed by atoms with van der Waals surface area (Å²) in [4.78, 5) is 18.7. The molecule has 1 aromatic carbocycles. The molecule has 0 aromatic heterocycles. The predicted octanol–water partition coefficient (Wildman–Crippen LogP) is 2.93. The maximum Gasteiger partial charge on any atom is 0.258 e. The van der Waals surface area contributed by atoms with Crippen molar-refractivity contribution in [3.05, 3.63) is 29.8 Å². The van der Waals surface area contributed by atoms with Crippen molar-refractivity contribution in [2.45, 2.75) is 64.0 Å². The van der Waals surface area contributed by atoms with Crippen LogP contribution in [0.4, 0.5) is 0 Å². The lowest BCUT2D eigenvalue weighted by atomic mass is 9.98. The highest BCUT2D eigenvalue weighted by atomic mass is 127. The van der Waals surface area contributed by atoms with Gasteiger partial charge in [-0.3, -0.25) is 14.7 Å². The average Bonchev–Trinajstić information content (AvgIpc) is 3.60. The van der Waals surface area contributed by atoms with Gasteiger partial charge in [0.2, 0.25) is 0 Å². The van der Waals surface area contributed by atoms with Crippen molar-refractivity contribution < 1.29 is 9.53 Å². The highest BCUT2D eigenvalue weighted by Gasteiger charge is 2.28. The molecule has 0 radical (unpaired) electrons. The fourth-order valence-electron chi connectivity index (χ4n) is 3.86. The van der Waals surface area contributed by atoms with E-state index < -0.39 is 0 Å². The van der Waals surface area contributed by atoms with Crippen molar-refractivity contribution in [3.63, 3.8) is 0 Å². The van der Waals surface area contributed by atoms with Crippen LogP contribution >= 0.6 is 24.0 Å². The van der Waals surface area contributed by atoms with Crippen molar-refractivity contribution in [1.82, 2.24) is 20.9 Å². The van der Waals surface area contributed by atoms with E-state index >= 15 is 0 Å². The molecule has 1 heterocycles. The summed E-state index contributed by atoms with van der Waals surface area (Å²) >= 11 is 0. The van der Waals surface area contributed by atoms with Gasteiger partial charge >= 0.3 is 0 Å². The van der Waals surface area contributed by atoms with E-state index in [9.17, 15) is 4.79 Å². The number of carbonyl (C=O) groups is 1. The van der Waals surface area contributed by atoms with Crippen LogP contribution in [0.15, 0.2) is 29.3 Å². The number of amides is 1. The summed E-state index contributed by atoms with van der Waals surface area (Å²) < 4.78 is 5.56. The molecule has 0 unspecified atom stereocenters. The standard InChI is InChI=1S/C24H39N5O2.HI/c1-24(2,29-15-5-4-6-16-29)18-27-23(25-3)26-14-13-19-7-11-21(12-8-19)31-17-22(30)28-20-9-10-20;/h7-8,11-12,20H,4-6,9-10,13-18H2,1-3H3,(H,28,30)(H2,25,26,27);1H. The SMILES string of the molecule is CN=C(NCCc1ccc(OCC(=O)NC2CC2)cc1)NCC(C)(C)N1CCCCC1.I. The molecule has 1 saturated carbocycles. The number of halogens is 1. The molecule has 8 heteroatoms. The second-order valence-corrected chi connectivity index (χ2v) is 9.24. The molecule has 3 N–H and O–H groups in total. The van der Waals surface area contributed by atoms with E-state index in [0.29, 0.717) is 6.04 Å². The van der Waals surface area contributed by atoms with Crippen molar-refractivity contribution in [2.24, 2.45) is 4.99 Å². The van der Waals surface area contributed by atoms with E-state index in [4.69, 9.17) is 4.74 Å². The van der Waals surface area contributed by atoms with Crippen LogP contribution in [0.2, 0.25) is 0 Å². The zero-order valence-corrected chi connectivity index (χ0v) is 22.1. The van der Waals surface area contributed by atoms with Crippen LogP contribution in [0.1, 0.15) is 51.5 Å². The zero-order chi connectivity index (χ0) is 22.1. The van der Waals surface area contributed by atoms with E-state index in [1.807, 2.05) is 31.3 Å².